The summed E-state index contributed by atoms with van der Waals surface area (Å²) in [7, 11) is 0. The van der Waals surface area contributed by atoms with E-state index in [0.29, 0.717) is 0 Å². The molecule has 0 saturated carbocycles. The summed E-state index contributed by atoms with van der Waals surface area (Å²) in [6, 6.07) is 0. The van der Waals surface area contributed by atoms with Crippen molar-refractivity contribution in [1.29, 1.82) is 0 Å². The summed E-state index contributed by atoms with van der Waals surface area (Å²) in [5.74, 6) is 6.05. The smallest absolute Gasteiger partial charge is 0.00916 e. The van der Waals surface area contributed by atoms with Gasteiger partial charge >= 0.3 is 0 Å². The van der Waals surface area contributed by atoms with Crippen LogP contribution in [-0.2, 0) is 0 Å². The van der Waals surface area contributed by atoms with Crippen molar-refractivity contribution in [2.24, 2.45) is 5.73 Å². The third-order valence-electron chi connectivity index (χ3n) is 2.98. The van der Waals surface area contributed by atoms with Crippen LogP contribution in [0.15, 0.2) is 23.3 Å². The molecule has 0 bridgehead atoms. The van der Waals surface area contributed by atoms with Crippen LogP contribution in [0.5, 0.6) is 0 Å². The van der Waals surface area contributed by atoms with Gasteiger partial charge in [-0.3, -0.25) is 0 Å². The van der Waals surface area contributed by atoms with E-state index in [-0.39, 0.29) is 0 Å². The Labute approximate surface area is 114 Å². The van der Waals surface area contributed by atoms with Gasteiger partial charge in [-0.1, -0.05) is 23.3 Å². The van der Waals surface area contributed by atoms with Crippen LogP contribution in [0.4, 0.5) is 0 Å². The Morgan fingerprint density at radius 1 is 1.00 bits per heavy atom. The first-order valence-electron chi connectivity index (χ1n) is 7.11. The predicted octanol–water partition coefficient (Wildman–Crippen LogP) is 4.59. The third kappa shape index (κ3) is 11.5. The van der Waals surface area contributed by atoms with Crippen molar-refractivity contribution in [1.82, 2.24) is 0 Å². The molecule has 2 N–H and O–H groups in total. The number of unbranched alkanes of at least 4 members (excludes halogenated alkanes) is 2. The third-order valence-corrected chi connectivity index (χ3v) is 2.98. The van der Waals surface area contributed by atoms with Crippen LogP contribution in [-0.4, -0.2) is 6.54 Å². The molecule has 0 aliphatic rings. The maximum atomic E-state index is 5.47. The molecule has 0 rings (SSSR count). The minimum atomic E-state index is 0.795. The van der Waals surface area contributed by atoms with Gasteiger partial charge in [0.25, 0.3) is 0 Å². The fraction of sp³-hybridized carbons (Fsp3) is 0.647. The lowest BCUT2D eigenvalue weighted by molar-refractivity contribution is 0.827. The fourth-order valence-corrected chi connectivity index (χ4v) is 1.80. The van der Waals surface area contributed by atoms with Gasteiger partial charge in [-0.25, -0.2) is 0 Å². The van der Waals surface area contributed by atoms with E-state index in [1.165, 1.54) is 30.4 Å². The number of hydrogen-bond donors (Lipinski definition) is 1. The quantitative estimate of drug-likeness (QED) is 0.360. The highest BCUT2D eigenvalue weighted by Crippen LogP contribution is 2.11. The molecule has 0 aromatic heterocycles. The van der Waals surface area contributed by atoms with Gasteiger partial charge in [0.2, 0.25) is 0 Å². The Morgan fingerprint density at radius 2 is 1.67 bits per heavy atom. The molecule has 0 spiro atoms. The van der Waals surface area contributed by atoms with E-state index in [1.54, 1.807) is 0 Å². The monoisotopic (exact) mass is 247 g/mol. The molecular formula is C17H29N. The van der Waals surface area contributed by atoms with Crippen molar-refractivity contribution < 1.29 is 0 Å². The zero-order valence-electron chi connectivity index (χ0n) is 12.4. The molecule has 0 saturated heterocycles. The second kappa shape index (κ2) is 12.5. The van der Waals surface area contributed by atoms with Crippen molar-refractivity contribution in [3.63, 3.8) is 0 Å². The van der Waals surface area contributed by atoms with Crippen molar-refractivity contribution in [2.75, 3.05) is 6.54 Å². The SMILES string of the molecule is CC#CCCC/C(C)=C/CC/C(C)=C/CCCN. The summed E-state index contributed by atoms with van der Waals surface area (Å²) in [4.78, 5) is 0. The van der Waals surface area contributed by atoms with Crippen molar-refractivity contribution in [3.05, 3.63) is 23.3 Å². The summed E-state index contributed by atoms with van der Waals surface area (Å²) < 4.78 is 0. The van der Waals surface area contributed by atoms with Crippen LogP contribution in [0.1, 0.15) is 65.7 Å². The first-order chi connectivity index (χ1) is 8.70. The summed E-state index contributed by atoms with van der Waals surface area (Å²) in [6.45, 7) is 7.15. The Morgan fingerprint density at radius 3 is 2.33 bits per heavy atom. The number of hydrogen-bond acceptors (Lipinski definition) is 1. The lowest BCUT2D eigenvalue weighted by Crippen LogP contribution is -1.96. The highest BCUT2D eigenvalue weighted by atomic mass is 14.5. The molecule has 0 aliphatic carbocycles. The largest absolute Gasteiger partial charge is 0.330 e. The van der Waals surface area contributed by atoms with E-state index in [4.69, 9.17) is 5.73 Å². The van der Waals surface area contributed by atoms with Crippen LogP contribution in [0, 0.1) is 11.8 Å². The Hall–Kier alpha value is -1.00. The maximum absolute atomic E-state index is 5.47. The standard InChI is InChI=1S/C17H29N/c1-4-5-6-7-11-16(2)13-10-14-17(3)12-8-9-15-18/h12-13H,6-11,14-15,18H2,1-3H3/b16-13+,17-12+. The van der Waals surface area contributed by atoms with Gasteiger partial charge in [0.1, 0.15) is 0 Å². The average molecular weight is 247 g/mol. The van der Waals surface area contributed by atoms with E-state index in [1.807, 2.05) is 6.92 Å². The van der Waals surface area contributed by atoms with Crippen LogP contribution in [0.2, 0.25) is 0 Å². The van der Waals surface area contributed by atoms with E-state index in [9.17, 15) is 0 Å². The lowest BCUT2D eigenvalue weighted by atomic mass is 10.1. The fourth-order valence-electron chi connectivity index (χ4n) is 1.80. The van der Waals surface area contributed by atoms with Gasteiger partial charge in [0.05, 0.1) is 0 Å². The molecule has 0 atom stereocenters. The minimum absolute atomic E-state index is 0.795. The van der Waals surface area contributed by atoms with Gasteiger partial charge in [-0.2, -0.15) is 0 Å². The number of nitrogens with two attached hydrogens (primary N) is 1. The van der Waals surface area contributed by atoms with Gasteiger partial charge in [-0.15, -0.1) is 11.8 Å². The molecule has 1 nitrogen and oxygen atoms in total. The Bertz CT molecular complexity index is 312. The highest BCUT2D eigenvalue weighted by molar-refractivity contribution is 5.04. The molecule has 0 amide bonds. The van der Waals surface area contributed by atoms with Crippen molar-refractivity contribution in [2.45, 2.75) is 65.7 Å². The molecule has 18 heavy (non-hydrogen) atoms. The van der Waals surface area contributed by atoms with E-state index < -0.39 is 0 Å². The first-order valence-corrected chi connectivity index (χ1v) is 7.11. The van der Waals surface area contributed by atoms with Crippen LogP contribution >= 0.6 is 0 Å². The summed E-state index contributed by atoms with van der Waals surface area (Å²) in [5, 5.41) is 0. The molecule has 0 unspecified atom stereocenters. The second-order valence-corrected chi connectivity index (χ2v) is 4.85. The molecule has 0 aliphatic heterocycles. The summed E-state index contributed by atoms with van der Waals surface area (Å²) >= 11 is 0. The van der Waals surface area contributed by atoms with Crippen molar-refractivity contribution >= 4 is 0 Å². The lowest BCUT2D eigenvalue weighted by Gasteiger charge is -2.01. The zero-order valence-corrected chi connectivity index (χ0v) is 12.4. The molecule has 0 aromatic carbocycles. The summed E-state index contributed by atoms with van der Waals surface area (Å²) in [5.41, 5.74) is 8.47. The van der Waals surface area contributed by atoms with Crippen LogP contribution in [0.25, 0.3) is 0 Å². The maximum Gasteiger partial charge on any atom is 0.00916 e. The topological polar surface area (TPSA) is 26.0 Å². The number of rotatable bonds is 9. The van der Waals surface area contributed by atoms with E-state index in [2.05, 4.69) is 37.8 Å². The second-order valence-electron chi connectivity index (χ2n) is 4.85. The molecule has 0 heterocycles. The Kier molecular flexibility index (Phi) is 11.8. The molecular weight excluding hydrogens is 218 g/mol. The molecule has 1 heteroatoms. The molecule has 102 valence electrons. The molecule has 0 radical (unpaired) electrons. The van der Waals surface area contributed by atoms with Crippen molar-refractivity contribution in [3.8, 4) is 11.8 Å². The minimum Gasteiger partial charge on any atom is -0.330 e. The van der Waals surface area contributed by atoms with E-state index in [0.717, 1.165) is 32.2 Å². The van der Waals surface area contributed by atoms with E-state index >= 15 is 0 Å². The van der Waals surface area contributed by atoms with Gasteiger partial charge in [0, 0.05) is 6.42 Å². The zero-order chi connectivity index (χ0) is 13.6. The van der Waals surface area contributed by atoms with Crippen LogP contribution in [0.3, 0.4) is 0 Å². The number of allylic oxidation sites excluding steroid dienone is 4. The van der Waals surface area contributed by atoms with Gasteiger partial charge < -0.3 is 5.73 Å². The molecule has 0 aromatic rings. The predicted molar refractivity (Wildman–Crippen MR) is 82.3 cm³/mol. The average Bonchev–Trinajstić information content (AvgIpc) is 2.35. The first kappa shape index (κ1) is 17.0. The normalized spacial score (nSPS) is 12.2. The highest BCUT2D eigenvalue weighted by Gasteiger charge is 1.92. The Balaban J connectivity index is 3.71. The van der Waals surface area contributed by atoms with Gasteiger partial charge in [-0.05, 0) is 65.8 Å². The summed E-state index contributed by atoms with van der Waals surface area (Å²) in [6.07, 6.45) is 12.7. The molecule has 0 fully saturated rings. The van der Waals surface area contributed by atoms with Gasteiger partial charge in [0.15, 0.2) is 0 Å². The van der Waals surface area contributed by atoms with Crippen LogP contribution < -0.4 is 5.73 Å².